The van der Waals surface area contributed by atoms with Crippen LogP contribution in [0, 0.1) is 5.82 Å². The number of fused-ring (bicyclic) bond motifs is 1. The molecule has 0 amide bonds. The van der Waals surface area contributed by atoms with E-state index in [0.29, 0.717) is 17.9 Å². The molecule has 3 aromatic rings. The van der Waals surface area contributed by atoms with Crippen molar-refractivity contribution < 1.29 is 22.0 Å². The molecule has 0 N–H and O–H groups in total. The average Bonchev–Trinajstić information content (AvgIpc) is 3.08. The molecule has 1 aromatic heterocycles. The van der Waals surface area contributed by atoms with Crippen molar-refractivity contribution in [1.29, 1.82) is 0 Å². The van der Waals surface area contributed by atoms with Crippen LogP contribution in [0.1, 0.15) is 22.5 Å². The minimum absolute atomic E-state index is 0.0102. The highest BCUT2D eigenvalue weighted by Crippen LogP contribution is 2.24. The summed E-state index contributed by atoms with van der Waals surface area (Å²) in [5.41, 5.74) is 2.61. The summed E-state index contributed by atoms with van der Waals surface area (Å²) in [4.78, 5) is 14.1. The summed E-state index contributed by atoms with van der Waals surface area (Å²) in [5.74, 6) is -0.313. The van der Waals surface area contributed by atoms with Crippen LogP contribution in [0.2, 0.25) is 0 Å². The first-order valence-corrected chi connectivity index (χ1v) is 11.2. The molecule has 0 spiro atoms. The van der Waals surface area contributed by atoms with Crippen molar-refractivity contribution in [2.24, 2.45) is 0 Å². The third-order valence-electron chi connectivity index (χ3n) is 4.93. The molecule has 0 saturated carbocycles. The summed E-state index contributed by atoms with van der Waals surface area (Å²) in [7, 11) is -3.64. The Labute approximate surface area is 173 Å². The number of sulfone groups is 1. The maximum Gasteiger partial charge on any atom is 0.227 e. The minimum atomic E-state index is -3.64. The fourth-order valence-corrected chi connectivity index (χ4v) is 4.19. The SMILES string of the molecule is CS(=O)(=O)c1ccc(COc2coc(CN3Cc4ccccc4C3)cc2=O)cc1F. The molecule has 0 unspecified atom stereocenters. The van der Waals surface area contributed by atoms with Crippen LogP contribution in [0.25, 0.3) is 0 Å². The van der Waals surface area contributed by atoms with E-state index in [2.05, 4.69) is 17.0 Å². The van der Waals surface area contributed by atoms with E-state index in [4.69, 9.17) is 9.15 Å². The Morgan fingerprint density at radius 1 is 1.10 bits per heavy atom. The van der Waals surface area contributed by atoms with Gasteiger partial charge in [0.05, 0.1) is 6.54 Å². The van der Waals surface area contributed by atoms with Gasteiger partial charge in [0.1, 0.15) is 29.3 Å². The van der Waals surface area contributed by atoms with Gasteiger partial charge in [-0.15, -0.1) is 0 Å². The van der Waals surface area contributed by atoms with Crippen LogP contribution < -0.4 is 10.2 Å². The van der Waals surface area contributed by atoms with Crippen molar-refractivity contribution in [3.8, 4) is 5.75 Å². The second-order valence-corrected chi connectivity index (χ2v) is 9.30. The Morgan fingerprint density at radius 3 is 2.40 bits per heavy atom. The smallest absolute Gasteiger partial charge is 0.227 e. The molecule has 2 aromatic carbocycles. The fraction of sp³-hybridized carbons (Fsp3) is 0.227. The second-order valence-electron chi connectivity index (χ2n) is 7.31. The van der Waals surface area contributed by atoms with Crippen LogP contribution >= 0.6 is 0 Å². The molecule has 0 aliphatic carbocycles. The maximum atomic E-state index is 14.0. The van der Waals surface area contributed by atoms with Gasteiger partial charge in [-0.1, -0.05) is 30.3 Å². The number of nitrogens with zero attached hydrogens (tertiary/aromatic N) is 1. The Bertz CT molecular complexity index is 1230. The highest BCUT2D eigenvalue weighted by molar-refractivity contribution is 7.90. The van der Waals surface area contributed by atoms with Gasteiger partial charge in [-0.3, -0.25) is 9.69 Å². The predicted molar refractivity (Wildman–Crippen MR) is 108 cm³/mol. The molecule has 6 nitrogen and oxygen atoms in total. The molecule has 0 radical (unpaired) electrons. The van der Waals surface area contributed by atoms with Gasteiger partial charge in [-0.05, 0) is 28.8 Å². The Morgan fingerprint density at radius 2 is 1.80 bits per heavy atom. The first kappa shape index (κ1) is 20.3. The lowest BCUT2D eigenvalue weighted by Gasteiger charge is -2.14. The summed E-state index contributed by atoms with van der Waals surface area (Å²) < 4.78 is 47.9. The zero-order valence-corrected chi connectivity index (χ0v) is 17.1. The number of hydrogen-bond acceptors (Lipinski definition) is 6. The van der Waals surface area contributed by atoms with Gasteiger partial charge in [0.2, 0.25) is 11.2 Å². The largest absolute Gasteiger partial charge is 0.482 e. The lowest BCUT2D eigenvalue weighted by Crippen LogP contribution is -2.17. The number of halogens is 1. The van der Waals surface area contributed by atoms with E-state index in [1.807, 2.05) is 12.1 Å². The van der Waals surface area contributed by atoms with Crippen molar-refractivity contribution in [2.75, 3.05) is 6.26 Å². The van der Waals surface area contributed by atoms with E-state index < -0.39 is 15.7 Å². The molecular formula is C22H20FNO5S. The predicted octanol–water partition coefficient (Wildman–Crippen LogP) is 3.28. The molecule has 0 fully saturated rings. The standard InChI is InChI=1S/C22H20FNO5S/c1-30(26,27)22-7-6-15(8-19(22)23)13-29-21-14-28-18(9-20(21)25)12-24-10-16-4-2-3-5-17(16)11-24/h2-9,14H,10-13H2,1H3. The maximum absolute atomic E-state index is 14.0. The second kappa shape index (κ2) is 8.04. The Balaban J connectivity index is 1.40. The van der Waals surface area contributed by atoms with Crippen LogP contribution in [-0.4, -0.2) is 19.6 Å². The van der Waals surface area contributed by atoms with Crippen molar-refractivity contribution in [1.82, 2.24) is 4.90 Å². The summed E-state index contributed by atoms with van der Waals surface area (Å²) in [6, 6.07) is 13.3. The third kappa shape index (κ3) is 4.44. The Hall–Kier alpha value is -2.97. The number of rotatable bonds is 6. The molecule has 2 heterocycles. The quantitative estimate of drug-likeness (QED) is 0.599. The molecule has 4 rings (SSSR count). The van der Waals surface area contributed by atoms with Gasteiger partial charge in [-0.25, -0.2) is 12.8 Å². The first-order chi connectivity index (χ1) is 14.3. The first-order valence-electron chi connectivity index (χ1n) is 9.32. The number of benzene rings is 2. The van der Waals surface area contributed by atoms with Crippen molar-refractivity contribution >= 4 is 9.84 Å². The van der Waals surface area contributed by atoms with Gasteiger partial charge in [0, 0.05) is 25.4 Å². The summed E-state index contributed by atoms with van der Waals surface area (Å²) in [6.07, 6.45) is 2.19. The zero-order valence-electron chi connectivity index (χ0n) is 16.3. The summed E-state index contributed by atoms with van der Waals surface area (Å²) in [5, 5.41) is 0. The van der Waals surface area contributed by atoms with Gasteiger partial charge in [-0.2, -0.15) is 0 Å². The highest BCUT2D eigenvalue weighted by atomic mass is 32.2. The Kier molecular flexibility index (Phi) is 5.44. The molecule has 8 heteroatoms. The van der Waals surface area contributed by atoms with Gasteiger partial charge in [0.25, 0.3) is 0 Å². The van der Waals surface area contributed by atoms with E-state index in [1.54, 1.807) is 0 Å². The minimum Gasteiger partial charge on any atom is -0.482 e. The van der Waals surface area contributed by atoms with Gasteiger partial charge in [0.15, 0.2) is 9.84 Å². The molecule has 30 heavy (non-hydrogen) atoms. The van der Waals surface area contributed by atoms with E-state index in [9.17, 15) is 17.6 Å². The van der Waals surface area contributed by atoms with Crippen molar-refractivity contribution in [2.45, 2.75) is 31.1 Å². The third-order valence-corrected chi connectivity index (χ3v) is 6.06. The lowest BCUT2D eigenvalue weighted by molar-refractivity contribution is 0.241. The van der Waals surface area contributed by atoms with Crippen LogP contribution in [0.5, 0.6) is 5.75 Å². The zero-order chi connectivity index (χ0) is 21.3. The average molecular weight is 429 g/mol. The van der Waals surface area contributed by atoms with E-state index >= 15 is 0 Å². The van der Waals surface area contributed by atoms with Crippen LogP contribution in [0.3, 0.4) is 0 Å². The summed E-state index contributed by atoms with van der Waals surface area (Å²) >= 11 is 0. The van der Waals surface area contributed by atoms with Crippen LogP contribution in [0.15, 0.2) is 68.9 Å². The molecule has 1 aliphatic heterocycles. The lowest BCUT2D eigenvalue weighted by atomic mass is 10.1. The molecule has 0 saturated heterocycles. The van der Waals surface area contributed by atoms with E-state index in [-0.39, 0.29) is 22.7 Å². The molecule has 0 bridgehead atoms. The van der Waals surface area contributed by atoms with Crippen molar-refractivity contribution in [3.63, 3.8) is 0 Å². The van der Waals surface area contributed by atoms with E-state index in [1.165, 1.54) is 35.6 Å². The summed E-state index contributed by atoms with van der Waals surface area (Å²) in [6.45, 7) is 2.01. The normalized spacial score (nSPS) is 13.9. The van der Waals surface area contributed by atoms with Crippen LogP contribution in [-0.2, 0) is 36.1 Å². The monoisotopic (exact) mass is 429 g/mol. The topological polar surface area (TPSA) is 76.8 Å². The number of ether oxygens (including phenoxy) is 1. The highest BCUT2D eigenvalue weighted by Gasteiger charge is 2.19. The van der Waals surface area contributed by atoms with Crippen molar-refractivity contribution in [3.05, 3.63) is 93.3 Å². The molecule has 156 valence electrons. The molecular weight excluding hydrogens is 409 g/mol. The molecule has 1 aliphatic rings. The fourth-order valence-electron chi connectivity index (χ4n) is 3.46. The van der Waals surface area contributed by atoms with Gasteiger partial charge < -0.3 is 9.15 Å². The number of hydrogen-bond donors (Lipinski definition) is 0. The molecule has 0 atom stereocenters. The van der Waals surface area contributed by atoms with Gasteiger partial charge >= 0.3 is 0 Å². The van der Waals surface area contributed by atoms with E-state index in [0.717, 1.165) is 25.4 Å². The van der Waals surface area contributed by atoms with Crippen LogP contribution in [0.4, 0.5) is 4.39 Å².